The molecule has 2 aromatic rings. The molecular formula is C12H9FO2S. The highest BCUT2D eigenvalue weighted by molar-refractivity contribution is 7.15. The van der Waals surface area contributed by atoms with Crippen molar-refractivity contribution in [1.82, 2.24) is 0 Å². The summed E-state index contributed by atoms with van der Waals surface area (Å²) in [5, 5.41) is 8.82. The number of rotatable bonds is 2. The van der Waals surface area contributed by atoms with Crippen molar-refractivity contribution in [2.45, 2.75) is 6.92 Å². The predicted molar refractivity (Wildman–Crippen MR) is 61.4 cm³/mol. The average Bonchev–Trinajstić information content (AvgIpc) is 2.64. The summed E-state index contributed by atoms with van der Waals surface area (Å²) in [6.07, 6.45) is 0. The predicted octanol–water partition coefficient (Wildman–Crippen LogP) is 3.56. The molecule has 0 bridgehead atoms. The molecule has 1 aromatic carbocycles. The van der Waals surface area contributed by atoms with Crippen LogP contribution in [-0.4, -0.2) is 11.1 Å². The van der Waals surface area contributed by atoms with Gasteiger partial charge in [0, 0.05) is 9.75 Å². The van der Waals surface area contributed by atoms with Crippen molar-refractivity contribution in [3.05, 3.63) is 46.6 Å². The zero-order chi connectivity index (χ0) is 11.7. The van der Waals surface area contributed by atoms with E-state index in [1.165, 1.54) is 23.5 Å². The fourth-order valence-electron chi connectivity index (χ4n) is 1.45. The minimum absolute atomic E-state index is 0.0268. The van der Waals surface area contributed by atoms with Gasteiger partial charge in [-0.15, -0.1) is 11.3 Å². The van der Waals surface area contributed by atoms with E-state index >= 15 is 0 Å². The lowest BCUT2D eigenvalue weighted by Crippen LogP contribution is -1.97. The Kier molecular flexibility index (Phi) is 2.75. The maximum atomic E-state index is 13.2. The molecule has 0 aliphatic rings. The summed E-state index contributed by atoms with van der Waals surface area (Å²) < 4.78 is 13.2. The topological polar surface area (TPSA) is 37.3 Å². The molecule has 1 aromatic heterocycles. The van der Waals surface area contributed by atoms with E-state index in [9.17, 15) is 9.18 Å². The summed E-state index contributed by atoms with van der Waals surface area (Å²) >= 11 is 1.51. The van der Waals surface area contributed by atoms with E-state index in [4.69, 9.17) is 5.11 Å². The van der Waals surface area contributed by atoms with Crippen LogP contribution in [0.4, 0.5) is 4.39 Å². The minimum Gasteiger partial charge on any atom is -0.478 e. The highest BCUT2D eigenvalue weighted by atomic mass is 32.1. The largest absolute Gasteiger partial charge is 0.478 e. The van der Waals surface area contributed by atoms with Crippen molar-refractivity contribution in [3.8, 4) is 10.4 Å². The van der Waals surface area contributed by atoms with E-state index in [-0.39, 0.29) is 5.56 Å². The van der Waals surface area contributed by atoms with E-state index < -0.39 is 11.8 Å². The Morgan fingerprint density at radius 3 is 2.62 bits per heavy atom. The zero-order valence-electron chi connectivity index (χ0n) is 8.53. The fraction of sp³-hybridized carbons (Fsp3) is 0.0833. The van der Waals surface area contributed by atoms with E-state index in [0.717, 1.165) is 15.8 Å². The number of carboxylic acids is 1. The number of carbonyl (C=O) groups is 1. The molecule has 0 unspecified atom stereocenters. The molecule has 1 heterocycles. The van der Waals surface area contributed by atoms with Crippen LogP contribution in [0.5, 0.6) is 0 Å². The lowest BCUT2D eigenvalue weighted by atomic mass is 10.1. The van der Waals surface area contributed by atoms with Crippen molar-refractivity contribution in [1.29, 1.82) is 0 Å². The van der Waals surface area contributed by atoms with Gasteiger partial charge in [-0.05, 0) is 42.8 Å². The third-order valence-corrected chi connectivity index (χ3v) is 3.22. The molecule has 0 saturated carbocycles. The van der Waals surface area contributed by atoms with E-state index in [1.807, 2.05) is 19.1 Å². The SMILES string of the molecule is Cc1ccc(-c2cc(F)cc(C(=O)O)c2)s1. The summed E-state index contributed by atoms with van der Waals surface area (Å²) in [5.41, 5.74) is 0.580. The number of carboxylic acid groups (broad SMARTS) is 1. The molecule has 2 nitrogen and oxygen atoms in total. The van der Waals surface area contributed by atoms with Gasteiger partial charge in [0.05, 0.1) is 5.56 Å². The lowest BCUT2D eigenvalue weighted by molar-refractivity contribution is 0.0696. The number of hydrogen-bond acceptors (Lipinski definition) is 2. The van der Waals surface area contributed by atoms with E-state index in [1.54, 1.807) is 0 Å². The van der Waals surface area contributed by atoms with Gasteiger partial charge in [0.15, 0.2) is 0 Å². The third-order valence-electron chi connectivity index (χ3n) is 2.17. The Balaban J connectivity index is 2.53. The molecule has 0 spiro atoms. The summed E-state index contributed by atoms with van der Waals surface area (Å²) in [5.74, 6) is -1.64. The standard InChI is InChI=1S/C12H9FO2S/c1-7-2-3-11(16-7)8-4-9(12(14)15)6-10(13)5-8/h2-6H,1H3,(H,14,15). The second kappa shape index (κ2) is 4.06. The fourth-order valence-corrected chi connectivity index (χ4v) is 2.30. The smallest absolute Gasteiger partial charge is 0.335 e. The van der Waals surface area contributed by atoms with Gasteiger partial charge in [-0.3, -0.25) is 0 Å². The molecule has 16 heavy (non-hydrogen) atoms. The highest BCUT2D eigenvalue weighted by Gasteiger charge is 2.09. The molecule has 0 aliphatic carbocycles. The number of aromatic carboxylic acids is 1. The maximum absolute atomic E-state index is 13.2. The molecule has 82 valence electrons. The molecule has 0 saturated heterocycles. The first-order chi connectivity index (χ1) is 7.56. The molecule has 0 amide bonds. The van der Waals surface area contributed by atoms with Crippen molar-refractivity contribution >= 4 is 17.3 Å². The number of aryl methyl sites for hydroxylation is 1. The van der Waals surface area contributed by atoms with Gasteiger partial charge in [0.25, 0.3) is 0 Å². The van der Waals surface area contributed by atoms with Crippen LogP contribution in [0.3, 0.4) is 0 Å². The Morgan fingerprint density at radius 1 is 1.31 bits per heavy atom. The number of hydrogen-bond donors (Lipinski definition) is 1. The molecule has 0 fully saturated rings. The second-order valence-electron chi connectivity index (χ2n) is 3.44. The van der Waals surface area contributed by atoms with Crippen molar-refractivity contribution in [2.75, 3.05) is 0 Å². The Labute approximate surface area is 96.0 Å². The number of thiophene rings is 1. The normalized spacial score (nSPS) is 10.4. The molecule has 0 radical (unpaired) electrons. The van der Waals surface area contributed by atoms with Crippen LogP contribution in [0.2, 0.25) is 0 Å². The van der Waals surface area contributed by atoms with Crippen LogP contribution in [-0.2, 0) is 0 Å². The second-order valence-corrected chi connectivity index (χ2v) is 4.73. The highest BCUT2D eigenvalue weighted by Crippen LogP contribution is 2.28. The van der Waals surface area contributed by atoms with E-state index in [0.29, 0.717) is 5.56 Å². The van der Waals surface area contributed by atoms with Gasteiger partial charge in [-0.25, -0.2) is 9.18 Å². The summed E-state index contributed by atoms with van der Waals surface area (Å²) in [6, 6.07) is 7.63. The van der Waals surface area contributed by atoms with Gasteiger partial charge in [0.1, 0.15) is 5.82 Å². The van der Waals surface area contributed by atoms with Gasteiger partial charge in [0.2, 0.25) is 0 Å². The minimum atomic E-state index is -1.12. The Bertz CT molecular complexity index is 546. The van der Waals surface area contributed by atoms with Crippen molar-refractivity contribution < 1.29 is 14.3 Å². The Hall–Kier alpha value is -1.68. The molecular weight excluding hydrogens is 227 g/mol. The lowest BCUT2D eigenvalue weighted by Gasteiger charge is -2.00. The first-order valence-corrected chi connectivity index (χ1v) is 5.48. The monoisotopic (exact) mass is 236 g/mol. The van der Waals surface area contributed by atoms with Gasteiger partial charge < -0.3 is 5.11 Å². The van der Waals surface area contributed by atoms with Gasteiger partial charge >= 0.3 is 5.97 Å². The summed E-state index contributed by atoms with van der Waals surface area (Å²) in [7, 11) is 0. The number of halogens is 1. The molecule has 2 rings (SSSR count). The van der Waals surface area contributed by atoms with Crippen LogP contribution in [0.25, 0.3) is 10.4 Å². The molecule has 0 atom stereocenters. The van der Waals surface area contributed by atoms with Crippen molar-refractivity contribution in [3.63, 3.8) is 0 Å². The van der Waals surface area contributed by atoms with E-state index in [2.05, 4.69) is 0 Å². The quantitative estimate of drug-likeness (QED) is 0.865. The maximum Gasteiger partial charge on any atom is 0.335 e. The third kappa shape index (κ3) is 2.12. The molecule has 0 aliphatic heterocycles. The first kappa shape index (κ1) is 10.8. The van der Waals surface area contributed by atoms with Crippen LogP contribution in [0.15, 0.2) is 30.3 Å². The zero-order valence-corrected chi connectivity index (χ0v) is 9.34. The van der Waals surface area contributed by atoms with Crippen LogP contribution in [0, 0.1) is 12.7 Å². The average molecular weight is 236 g/mol. The van der Waals surface area contributed by atoms with Crippen LogP contribution >= 0.6 is 11.3 Å². The van der Waals surface area contributed by atoms with Crippen LogP contribution < -0.4 is 0 Å². The molecule has 1 N–H and O–H groups in total. The van der Waals surface area contributed by atoms with Gasteiger partial charge in [-0.1, -0.05) is 0 Å². The number of benzene rings is 1. The van der Waals surface area contributed by atoms with Crippen LogP contribution in [0.1, 0.15) is 15.2 Å². The first-order valence-electron chi connectivity index (χ1n) is 4.67. The Morgan fingerprint density at radius 2 is 2.06 bits per heavy atom. The van der Waals surface area contributed by atoms with Crippen molar-refractivity contribution in [2.24, 2.45) is 0 Å². The summed E-state index contributed by atoms with van der Waals surface area (Å²) in [4.78, 5) is 12.8. The summed E-state index contributed by atoms with van der Waals surface area (Å²) in [6.45, 7) is 1.95. The molecule has 4 heteroatoms. The van der Waals surface area contributed by atoms with Gasteiger partial charge in [-0.2, -0.15) is 0 Å².